The van der Waals surface area contributed by atoms with Crippen molar-refractivity contribution in [1.29, 1.82) is 0 Å². The summed E-state index contributed by atoms with van der Waals surface area (Å²) in [5, 5.41) is 19.1. The van der Waals surface area contributed by atoms with Crippen LogP contribution in [0.2, 0.25) is 0 Å². The Kier molecular flexibility index (Phi) is 8.28. The topological polar surface area (TPSA) is 74.6 Å². The van der Waals surface area contributed by atoms with E-state index in [9.17, 15) is 19.8 Å². The summed E-state index contributed by atoms with van der Waals surface area (Å²) in [5.41, 5.74) is 0. The Morgan fingerprint density at radius 3 is 2.05 bits per heavy atom. The average Bonchev–Trinajstić information content (AvgIpc) is 2.46. The molecule has 0 saturated carbocycles. The van der Waals surface area contributed by atoms with Crippen LogP contribution in [0.1, 0.15) is 71.1 Å². The summed E-state index contributed by atoms with van der Waals surface area (Å²) in [5.74, 6) is -2.33. The maximum Gasteiger partial charge on any atom is 0.203 e. The van der Waals surface area contributed by atoms with Crippen molar-refractivity contribution in [2.24, 2.45) is 5.92 Å². The predicted molar refractivity (Wildman–Crippen MR) is 82.1 cm³/mol. The number of hydrogen-bond acceptors (Lipinski definition) is 4. The van der Waals surface area contributed by atoms with Crippen molar-refractivity contribution < 1.29 is 19.8 Å². The van der Waals surface area contributed by atoms with Crippen LogP contribution < -0.4 is 0 Å². The second-order valence-corrected chi connectivity index (χ2v) is 5.96. The number of allylic oxidation sites excluding steroid dienone is 1. The molecule has 0 bridgehead atoms. The van der Waals surface area contributed by atoms with E-state index in [2.05, 4.69) is 6.92 Å². The lowest BCUT2D eigenvalue weighted by atomic mass is 9.84. The zero-order valence-electron chi connectivity index (χ0n) is 13.0. The second-order valence-electron chi connectivity index (χ2n) is 5.96. The first-order chi connectivity index (χ1) is 10.1. The standard InChI is InChI=1S/C17H28O4/c1-2-3-4-5-6-7-8-9-10-11-13-16(20)14(18)12-15(19)17(13)21/h12-13,16,19-20H,2-11H2,1H3. The fraction of sp³-hybridized carbons (Fsp3) is 0.765. The minimum absolute atomic E-state index is 0.472. The fourth-order valence-corrected chi connectivity index (χ4v) is 2.79. The van der Waals surface area contributed by atoms with Gasteiger partial charge in [-0.05, 0) is 6.42 Å². The van der Waals surface area contributed by atoms with E-state index in [1.807, 2.05) is 0 Å². The zero-order chi connectivity index (χ0) is 15.7. The zero-order valence-corrected chi connectivity index (χ0v) is 13.0. The van der Waals surface area contributed by atoms with Gasteiger partial charge in [0.2, 0.25) is 5.78 Å². The molecule has 120 valence electrons. The molecular weight excluding hydrogens is 268 g/mol. The third-order valence-electron chi connectivity index (χ3n) is 4.16. The van der Waals surface area contributed by atoms with E-state index in [-0.39, 0.29) is 0 Å². The third kappa shape index (κ3) is 6.00. The summed E-state index contributed by atoms with van der Waals surface area (Å²) in [6.07, 6.45) is 10.6. The van der Waals surface area contributed by atoms with Crippen molar-refractivity contribution in [2.45, 2.75) is 77.2 Å². The SMILES string of the molecule is CCCCCCCCCCCC1C(=O)C(O)=CC(=O)C1O. The van der Waals surface area contributed by atoms with Gasteiger partial charge < -0.3 is 10.2 Å². The molecule has 0 spiro atoms. The average molecular weight is 296 g/mol. The van der Waals surface area contributed by atoms with Crippen LogP contribution in [0.5, 0.6) is 0 Å². The smallest absolute Gasteiger partial charge is 0.203 e. The Morgan fingerprint density at radius 2 is 1.48 bits per heavy atom. The van der Waals surface area contributed by atoms with Crippen LogP contribution in [0.4, 0.5) is 0 Å². The molecule has 0 fully saturated rings. The van der Waals surface area contributed by atoms with Crippen molar-refractivity contribution in [3.05, 3.63) is 11.8 Å². The Morgan fingerprint density at radius 1 is 0.952 bits per heavy atom. The Balaban J connectivity index is 2.14. The lowest BCUT2D eigenvalue weighted by molar-refractivity contribution is -0.136. The fourth-order valence-electron chi connectivity index (χ4n) is 2.79. The first-order valence-electron chi connectivity index (χ1n) is 8.24. The van der Waals surface area contributed by atoms with Gasteiger partial charge in [0.05, 0.1) is 5.92 Å². The highest BCUT2D eigenvalue weighted by atomic mass is 16.3. The number of unbranched alkanes of at least 4 members (excludes halogenated alkanes) is 8. The molecule has 2 N–H and O–H groups in total. The molecule has 0 radical (unpaired) electrons. The molecule has 2 unspecified atom stereocenters. The molecule has 0 aromatic rings. The van der Waals surface area contributed by atoms with Crippen LogP contribution >= 0.6 is 0 Å². The summed E-state index contributed by atoms with van der Waals surface area (Å²) in [7, 11) is 0. The van der Waals surface area contributed by atoms with Crippen LogP contribution in [0.3, 0.4) is 0 Å². The molecule has 1 rings (SSSR count). The molecule has 0 amide bonds. The molecule has 0 aromatic carbocycles. The Labute approximate surface area is 127 Å². The van der Waals surface area contributed by atoms with Crippen molar-refractivity contribution in [2.75, 3.05) is 0 Å². The molecule has 21 heavy (non-hydrogen) atoms. The molecule has 0 aromatic heterocycles. The number of carbonyl (C=O) groups is 2. The largest absolute Gasteiger partial charge is 0.504 e. The summed E-state index contributed by atoms with van der Waals surface area (Å²) in [6.45, 7) is 2.21. The Bertz CT molecular complexity index is 373. The first-order valence-corrected chi connectivity index (χ1v) is 8.24. The lowest BCUT2D eigenvalue weighted by Gasteiger charge is -2.23. The van der Waals surface area contributed by atoms with Crippen LogP contribution in [0.15, 0.2) is 11.8 Å². The normalized spacial score (nSPS) is 22.5. The van der Waals surface area contributed by atoms with E-state index in [4.69, 9.17) is 0 Å². The van der Waals surface area contributed by atoms with Gasteiger partial charge in [-0.3, -0.25) is 9.59 Å². The summed E-state index contributed by atoms with van der Waals surface area (Å²) in [4.78, 5) is 23.1. The van der Waals surface area contributed by atoms with Gasteiger partial charge in [-0.1, -0.05) is 64.7 Å². The summed E-state index contributed by atoms with van der Waals surface area (Å²) in [6, 6.07) is 0. The second kappa shape index (κ2) is 9.72. The van der Waals surface area contributed by atoms with Crippen LogP contribution in [-0.2, 0) is 9.59 Å². The summed E-state index contributed by atoms with van der Waals surface area (Å²) >= 11 is 0. The van der Waals surface area contributed by atoms with Crippen molar-refractivity contribution in [3.8, 4) is 0 Å². The van der Waals surface area contributed by atoms with Gasteiger partial charge in [-0.2, -0.15) is 0 Å². The number of aliphatic hydroxyl groups excluding tert-OH is 2. The van der Waals surface area contributed by atoms with E-state index in [0.717, 1.165) is 25.3 Å². The maximum absolute atomic E-state index is 11.7. The molecule has 1 aliphatic carbocycles. The van der Waals surface area contributed by atoms with Gasteiger partial charge in [0.25, 0.3) is 0 Å². The van der Waals surface area contributed by atoms with E-state index in [1.165, 1.54) is 38.5 Å². The monoisotopic (exact) mass is 296 g/mol. The highest BCUT2D eigenvalue weighted by molar-refractivity contribution is 6.10. The van der Waals surface area contributed by atoms with E-state index >= 15 is 0 Å². The summed E-state index contributed by atoms with van der Waals surface area (Å²) < 4.78 is 0. The molecule has 0 heterocycles. The highest BCUT2D eigenvalue weighted by Crippen LogP contribution is 2.23. The maximum atomic E-state index is 11.7. The third-order valence-corrected chi connectivity index (χ3v) is 4.16. The van der Waals surface area contributed by atoms with E-state index in [0.29, 0.717) is 6.42 Å². The van der Waals surface area contributed by atoms with Crippen LogP contribution in [-0.4, -0.2) is 27.9 Å². The van der Waals surface area contributed by atoms with Gasteiger partial charge in [0.1, 0.15) is 6.10 Å². The molecule has 1 aliphatic rings. The lowest BCUT2D eigenvalue weighted by Crippen LogP contribution is -2.39. The molecule has 2 atom stereocenters. The van der Waals surface area contributed by atoms with Gasteiger partial charge in [0, 0.05) is 6.08 Å². The first kappa shape index (κ1) is 17.9. The van der Waals surface area contributed by atoms with Gasteiger partial charge in [0.15, 0.2) is 11.5 Å². The quantitative estimate of drug-likeness (QED) is 0.605. The molecule has 0 aliphatic heterocycles. The molecule has 0 saturated heterocycles. The van der Waals surface area contributed by atoms with Crippen molar-refractivity contribution in [3.63, 3.8) is 0 Å². The van der Waals surface area contributed by atoms with Gasteiger partial charge in [-0.15, -0.1) is 0 Å². The minimum Gasteiger partial charge on any atom is -0.504 e. The number of ketones is 2. The Hall–Kier alpha value is -1.16. The van der Waals surface area contributed by atoms with Crippen LogP contribution in [0.25, 0.3) is 0 Å². The minimum atomic E-state index is -1.28. The molecular formula is C17H28O4. The number of carbonyl (C=O) groups excluding carboxylic acids is 2. The number of rotatable bonds is 10. The van der Waals surface area contributed by atoms with Crippen molar-refractivity contribution >= 4 is 11.6 Å². The number of hydrogen-bond donors (Lipinski definition) is 2. The number of aliphatic hydroxyl groups is 2. The van der Waals surface area contributed by atoms with E-state index < -0.39 is 29.3 Å². The number of Topliss-reactive ketones (excluding diaryl/α,β-unsaturated/α-hetero) is 1. The molecule has 4 nitrogen and oxygen atoms in total. The van der Waals surface area contributed by atoms with Gasteiger partial charge in [-0.25, -0.2) is 0 Å². The van der Waals surface area contributed by atoms with Crippen molar-refractivity contribution in [1.82, 2.24) is 0 Å². The van der Waals surface area contributed by atoms with E-state index in [1.54, 1.807) is 0 Å². The highest BCUT2D eigenvalue weighted by Gasteiger charge is 2.36. The van der Waals surface area contributed by atoms with Crippen LogP contribution in [0, 0.1) is 5.92 Å². The molecule has 4 heteroatoms. The van der Waals surface area contributed by atoms with Gasteiger partial charge >= 0.3 is 0 Å². The predicted octanol–water partition coefficient (Wildman–Crippen LogP) is 3.48.